The van der Waals surface area contributed by atoms with E-state index in [0.29, 0.717) is 19.0 Å². The van der Waals surface area contributed by atoms with Gasteiger partial charge in [0.15, 0.2) is 0 Å². The van der Waals surface area contributed by atoms with Crippen LogP contribution in [0.25, 0.3) is 0 Å². The van der Waals surface area contributed by atoms with E-state index in [-0.39, 0.29) is 5.91 Å². The highest BCUT2D eigenvalue weighted by Gasteiger charge is 2.19. The molecule has 2 aromatic heterocycles. The molecule has 0 aliphatic carbocycles. The molecule has 7 heteroatoms. The Hall–Kier alpha value is -1.73. The zero-order valence-electron chi connectivity index (χ0n) is 14.1. The van der Waals surface area contributed by atoms with Gasteiger partial charge in [-0.05, 0) is 45.2 Å². The number of rotatable bonds is 7. The summed E-state index contributed by atoms with van der Waals surface area (Å²) in [7, 11) is 0. The first kappa shape index (κ1) is 17.1. The SMILES string of the molecule is Cc1ncsc1CCCNC(=O)Cn1nccc1C1CCCNC1. The summed E-state index contributed by atoms with van der Waals surface area (Å²) >= 11 is 1.69. The average molecular weight is 347 g/mol. The van der Waals surface area contributed by atoms with Crippen LogP contribution in [0.1, 0.15) is 41.4 Å². The summed E-state index contributed by atoms with van der Waals surface area (Å²) in [4.78, 5) is 17.7. The molecule has 0 aromatic carbocycles. The monoisotopic (exact) mass is 347 g/mol. The van der Waals surface area contributed by atoms with Crippen LogP contribution in [0.15, 0.2) is 17.8 Å². The van der Waals surface area contributed by atoms with E-state index in [1.54, 1.807) is 17.5 Å². The Bertz CT molecular complexity index is 659. The number of hydrogen-bond donors (Lipinski definition) is 2. The van der Waals surface area contributed by atoms with E-state index in [9.17, 15) is 4.79 Å². The molecule has 1 aliphatic rings. The average Bonchev–Trinajstić information content (AvgIpc) is 3.21. The van der Waals surface area contributed by atoms with Crippen molar-refractivity contribution in [1.82, 2.24) is 25.4 Å². The Labute approximate surface area is 146 Å². The lowest BCUT2D eigenvalue weighted by molar-refractivity contribution is -0.121. The normalized spacial score (nSPS) is 17.8. The van der Waals surface area contributed by atoms with Crippen LogP contribution in [0.4, 0.5) is 0 Å². The van der Waals surface area contributed by atoms with Crippen LogP contribution < -0.4 is 10.6 Å². The molecule has 130 valence electrons. The van der Waals surface area contributed by atoms with Crippen LogP contribution in [0.3, 0.4) is 0 Å². The van der Waals surface area contributed by atoms with Crippen LogP contribution in [0.5, 0.6) is 0 Å². The van der Waals surface area contributed by atoms with Gasteiger partial charge in [-0.3, -0.25) is 9.48 Å². The van der Waals surface area contributed by atoms with E-state index in [4.69, 9.17) is 0 Å². The molecule has 1 amide bonds. The topological polar surface area (TPSA) is 71.8 Å². The van der Waals surface area contributed by atoms with Crippen LogP contribution in [0.2, 0.25) is 0 Å². The molecule has 0 radical (unpaired) electrons. The molecule has 0 saturated carbocycles. The molecule has 1 aliphatic heterocycles. The molecule has 0 bridgehead atoms. The maximum absolute atomic E-state index is 12.2. The van der Waals surface area contributed by atoms with Gasteiger partial charge in [-0.25, -0.2) is 4.98 Å². The highest BCUT2D eigenvalue weighted by atomic mass is 32.1. The number of nitrogens with one attached hydrogen (secondary N) is 2. The standard InChI is InChI=1S/C17H25N5OS/c1-13-16(24-12-20-13)5-3-8-19-17(23)11-22-15(6-9-21-22)14-4-2-7-18-10-14/h6,9,12,14,18H,2-5,7-8,10-11H2,1H3,(H,19,23). The quantitative estimate of drug-likeness (QED) is 0.750. The Balaban J connectivity index is 1.43. The Morgan fingerprint density at radius 3 is 3.21 bits per heavy atom. The summed E-state index contributed by atoms with van der Waals surface area (Å²) in [6.45, 7) is 5.09. The first-order valence-corrected chi connectivity index (χ1v) is 9.50. The zero-order valence-corrected chi connectivity index (χ0v) is 14.9. The number of amides is 1. The third kappa shape index (κ3) is 4.42. The minimum atomic E-state index is 0.0322. The third-order valence-corrected chi connectivity index (χ3v) is 5.50. The van der Waals surface area contributed by atoms with Crippen molar-refractivity contribution < 1.29 is 4.79 Å². The van der Waals surface area contributed by atoms with E-state index in [2.05, 4.69) is 20.7 Å². The number of aryl methyl sites for hydroxylation is 2. The predicted molar refractivity (Wildman–Crippen MR) is 95.3 cm³/mol. The van der Waals surface area contributed by atoms with Crippen molar-refractivity contribution in [1.29, 1.82) is 0 Å². The summed E-state index contributed by atoms with van der Waals surface area (Å²) in [5.74, 6) is 0.494. The van der Waals surface area contributed by atoms with Crippen molar-refractivity contribution in [2.24, 2.45) is 0 Å². The van der Waals surface area contributed by atoms with Crippen LogP contribution in [0, 0.1) is 6.92 Å². The van der Waals surface area contributed by atoms with Crippen LogP contribution >= 0.6 is 11.3 Å². The largest absolute Gasteiger partial charge is 0.354 e. The number of thiazole rings is 1. The maximum Gasteiger partial charge on any atom is 0.241 e. The fraction of sp³-hybridized carbons (Fsp3) is 0.588. The summed E-state index contributed by atoms with van der Waals surface area (Å²) < 4.78 is 1.85. The summed E-state index contributed by atoms with van der Waals surface area (Å²) in [5, 5.41) is 10.8. The van der Waals surface area contributed by atoms with Gasteiger partial charge < -0.3 is 10.6 Å². The summed E-state index contributed by atoms with van der Waals surface area (Å²) in [6.07, 6.45) is 6.04. The summed E-state index contributed by atoms with van der Waals surface area (Å²) in [5.41, 5.74) is 4.15. The van der Waals surface area contributed by atoms with Crippen molar-refractivity contribution >= 4 is 17.2 Å². The third-order valence-electron chi connectivity index (χ3n) is 4.51. The van der Waals surface area contributed by atoms with E-state index >= 15 is 0 Å². The predicted octanol–water partition coefficient (Wildman–Crippen LogP) is 1.86. The molecule has 24 heavy (non-hydrogen) atoms. The Morgan fingerprint density at radius 1 is 1.54 bits per heavy atom. The second kappa shape index (κ2) is 8.39. The van der Waals surface area contributed by atoms with Crippen molar-refractivity contribution in [3.8, 4) is 0 Å². The number of nitrogens with zero attached hydrogens (tertiary/aromatic N) is 3. The highest BCUT2D eigenvalue weighted by molar-refractivity contribution is 7.09. The highest BCUT2D eigenvalue weighted by Crippen LogP contribution is 2.22. The van der Waals surface area contributed by atoms with Crippen molar-refractivity contribution in [3.63, 3.8) is 0 Å². The van der Waals surface area contributed by atoms with Gasteiger partial charge in [0.05, 0.1) is 11.2 Å². The van der Waals surface area contributed by atoms with Gasteiger partial charge in [0.1, 0.15) is 6.54 Å². The molecule has 2 N–H and O–H groups in total. The van der Waals surface area contributed by atoms with E-state index < -0.39 is 0 Å². The molecule has 3 rings (SSSR count). The molecule has 1 saturated heterocycles. The van der Waals surface area contributed by atoms with E-state index in [1.807, 2.05) is 23.2 Å². The fourth-order valence-electron chi connectivity index (χ4n) is 3.16. The molecule has 1 atom stereocenters. The lowest BCUT2D eigenvalue weighted by Crippen LogP contribution is -2.32. The lowest BCUT2D eigenvalue weighted by atomic mass is 9.96. The van der Waals surface area contributed by atoms with Gasteiger partial charge >= 0.3 is 0 Å². The second-order valence-electron chi connectivity index (χ2n) is 6.27. The van der Waals surface area contributed by atoms with E-state index in [0.717, 1.165) is 43.7 Å². The minimum Gasteiger partial charge on any atom is -0.354 e. The Kier molecular flexibility index (Phi) is 5.98. The smallest absolute Gasteiger partial charge is 0.241 e. The number of hydrogen-bond acceptors (Lipinski definition) is 5. The molecule has 2 aromatic rings. The van der Waals surface area contributed by atoms with Gasteiger partial charge in [-0.2, -0.15) is 5.10 Å². The van der Waals surface area contributed by atoms with Crippen LogP contribution in [-0.4, -0.2) is 40.3 Å². The first-order valence-electron chi connectivity index (χ1n) is 8.62. The van der Waals surface area contributed by atoms with E-state index in [1.165, 1.54) is 11.3 Å². The maximum atomic E-state index is 12.2. The van der Waals surface area contributed by atoms with Crippen molar-refractivity contribution in [2.75, 3.05) is 19.6 Å². The molecular weight excluding hydrogens is 322 g/mol. The number of aromatic nitrogens is 3. The number of carbonyl (C=O) groups is 1. The summed E-state index contributed by atoms with van der Waals surface area (Å²) in [6, 6.07) is 2.04. The lowest BCUT2D eigenvalue weighted by Gasteiger charge is -2.23. The molecular formula is C17H25N5OS. The molecule has 1 fully saturated rings. The molecule has 0 spiro atoms. The van der Waals surface area contributed by atoms with Gasteiger partial charge in [-0.15, -0.1) is 11.3 Å². The van der Waals surface area contributed by atoms with Gasteiger partial charge in [0, 0.05) is 35.8 Å². The zero-order chi connectivity index (χ0) is 16.8. The van der Waals surface area contributed by atoms with Gasteiger partial charge in [0.2, 0.25) is 5.91 Å². The van der Waals surface area contributed by atoms with Gasteiger partial charge in [-0.1, -0.05) is 0 Å². The number of piperidine rings is 1. The van der Waals surface area contributed by atoms with Crippen LogP contribution in [-0.2, 0) is 17.8 Å². The van der Waals surface area contributed by atoms with Crippen molar-refractivity contribution in [2.45, 2.75) is 45.1 Å². The van der Waals surface area contributed by atoms with Gasteiger partial charge in [0.25, 0.3) is 0 Å². The Morgan fingerprint density at radius 2 is 2.46 bits per heavy atom. The minimum absolute atomic E-state index is 0.0322. The first-order chi connectivity index (χ1) is 11.7. The number of carbonyl (C=O) groups excluding carboxylic acids is 1. The second-order valence-corrected chi connectivity index (χ2v) is 7.21. The molecule has 3 heterocycles. The van der Waals surface area contributed by atoms with Crippen molar-refractivity contribution in [3.05, 3.63) is 34.0 Å². The molecule has 1 unspecified atom stereocenters. The fourth-order valence-corrected chi connectivity index (χ4v) is 3.98. The molecule has 6 nitrogen and oxygen atoms in total.